The summed E-state index contributed by atoms with van der Waals surface area (Å²) in [7, 11) is -3.42. The molecule has 3 heterocycles. The number of rotatable bonds is 5. The van der Waals surface area contributed by atoms with Gasteiger partial charge in [-0.3, -0.25) is 10.1 Å². The lowest BCUT2D eigenvalue weighted by Gasteiger charge is -2.23. The minimum Gasteiger partial charge on any atom is -0.284 e. The van der Waals surface area contributed by atoms with E-state index in [4.69, 9.17) is 0 Å². The first-order chi connectivity index (χ1) is 10.2. The van der Waals surface area contributed by atoms with Gasteiger partial charge in [0.05, 0.1) is 6.20 Å². The second-order valence-electron chi connectivity index (χ2n) is 5.24. The maximum atomic E-state index is 12.6. The molecule has 0 bridgehead atoms. The molecule has 0 aromatic carbocycles. The number of pyridine rings is 1. The normalized spacial score (nSPS) is 19.9. The van der Waals surface area contributed by atoms with Crippen molar-refractivity contribution in [1.29, 1.82) is 0 Å². The molecule has 1 aliphatic heterocycles. The molecule has 1 N–H and O–H groups in total. The van der Waals surface area contributed by atoms with Crippen molar-refractivity contribution in [2.75, 3.05) is 6.54 Å². The largest absolute Gasteiger partial charge is 0.284 e. The molecule has 1 aliphatic rings. The monoisotopic (exact) mass is 306 g/mol. The summed E-state index contributed by atoms with van der Waals surface area (Å²) in [5, 5.41) is 6.31. The van der Waals surface area contributed by atoms with Crippen molar-refractivity contribution in [3.05, 3.63) is 42.5 Å². The van der Waals surface area contributed by atoms with Crippen LogP contribution in [0.2, 0.25) is 0 Å². The molecule has 1 fully saturated rings. The van der Waals surface area contributed by atoms with Crippen molar-refractivity contribution >= 4 is 10.0 Å². The molecule has 0 unspecified atom stereocenters. The third kappa shape index (κ3) is 2.98. The highest BCUT2D eigenvalue weighted by molar-refractivity contribution is 7.89. The number of aromatic amines is 1. The van der Waals surface area contributed by atoms with E-state index in [2.05, 4.69) is 15.2 Å². The summed E-state index contributed by atoms with van der Waals surface area (Å²) in [5.41, 5.74) is 1.19. The van der Waals surface area contributed by atoms with Crippen molar-refractivity contribution in [1.82, 2.24) is 19.5 Å². The van der Waals surface area contributed by atoms with Gasteiger partial charge in [0, 0.05) is 31.2 Å². The predicted molar refractivity (Wildman–Crippen MR) is 78.1 cm³/mol. The molecule has 1 atom stereocenters. The van der Waals surface area contributed by atoms with Crippen LogP contribution in [-0.2, 0) is 16.4 Å². The average Bonchev–Trinajstić information content (AvgIpc) is 3.18. The molecule has 0 radical (unpaired) electrons. The summed E-state index contributed by atoms with van der Waals surface area (Å²) in [6, 6.07) is 4.02. The molecule has 21 heavy (non-hydrogen) atoms. The minimum atomic E-state index is -3.42. The summed E-state index contributed by atoms with van der Waals surface area (Å²) in [6.45, 7) is 0.592. The summed E-state index contributed by atoms with van der Waals surface area (Å²) < 4.78 is 26.8. The van der Waals surface area contributed by atoms with Crippen molar-refractivity contribution in [3.8, 4) is 0 Å². The van der Waals surface area contributed by atoms with Crippen LogP contribution in [0, 0.1) is 0 Å². The zero-order chi connectivity index (χ0) is 14.7. The van der Waals surface area contributed by atoms with Crippen LogP contribution in [0.1, 0.15) is 24.8 Å². The second kappa shape index (κ2) is 5.95. The Hall–Kier alpha value is -1.73. The standard InChI is InChI=1S/C14H18N4O2S/c19-21(20,14-10-16-17-11-14)18-9-1-2-13(18)4-3-12-5-7-15-8-6-12/h5-8,10-11,13H,1-4,9H2,(H,16,17)/t13-/m0/s1. The third-order valence-electron chi connectivity index (χ3n) is 3.92. The van der Waals surface area contributed by atoms with Crippen LogP contribution >= 0.6 is 0 Å². The van der Waals surface area contributed by atoms with Gasteiger partial charge >= 0.3 is 0 Å². The predicted octanol–water partition coefficient (Wildman–Crippen LogP) is 1.59. The maximum absolute atomic E-state index is 12.6. The number of H-pyrrole nitrogens is 1. The quantitative estimate of drug-likeness (QED) is 0.910. The number of sulfonamides is 1. The number of hydrogen-bond acceptors (Lipinski definition) is 4. The maximum Gasteiger partial charge on any atom is 0.246 e. The first kappa shape index (κ1) is 14.2. The van der Waals surface area contributed by atoms with Crippen molar-refractivity contribution in [3.63, 3.8) is 0 Å². The minimum absolute atomic E-state index is 0.0677. The Morgan fingerprint density at radius 1 is 1.33 bits per heavy atom. The van der Waals surface area contributed by atoms with E-state index in [0.29, 0.717) is 6.54 Å². The van der Waals surface area contributed by atoms with Gasteiger partial charge in [-0.1, -0.05) is 0 Å². The fraction of sp³-hybridized carbons (Fsp3) is 0.429. The SMILES string of the molecule is O=S(=O)(c1cn[nH]c1)N1CCC[C@H]1CCc1ccncc1. The Bertz CT molecular complexity index is 670. The summed E-state index contributed by atoms with van der Waals surface area (Å²) >= 11 is 0. The van der Waals surface area contributed by atoms with E-state index >= 15 is 0 Å². The van der Waals surface area contributed by atoms with Crippen molar-refractivity contribution in [2.24, 2.45) is 0 Å². The Balaban J connectivity index is 1.71. The lowest BCUT2D eigenvalue weighted by molar-refractivity contribution is 0.370. The molecular weight excluding hydrogens is 288 g/mol. The van der Waals surface area contributed by atoms with Gasteiger partial charge in [0.1, 0.15) is 4.90 Å². The molecule has 2 aromatic heterocycles. The zero-order valence-corrected chi connectivity index (χ0v) is 12.5. The van der Waals surface area contributed by atoms with Crippen molar-refractivity contribution < 1.29 is 8.42 Å². The number of aromatic nitrogens is 3. The van der Waals surface area contributed by atoms with Crippen LogP contribution in [0.25, 0.3) is 0 Å². The highest BCUT2D eigenvalue weighted by atomic mass is 32.2. The topological polar surface area (TPSA) is 79.0 Å². The van der Waals surface area contributed by atoms with Gasteiger partial charge < -0.3 is 0 Å². The van der Waals surface area contributed by atoms with Gasteiger partial charge in [-0.15, -0.1) is 0 Å². The smallest absolute Gasteiger partial charge is 0.246 e. The van der Waals surface area contributed by atoms with Gasteiger partial charge in [0.25, 0.3) is 0 Å². The Kier molecular flexibility index (Phi) is 4.03. The molecule has 2 aromatic rings. The van der Waals surface area contributed by atoms with E-state index in [-0.39, 0.29) is 10.9 Å². The first-order valence-electron chi connectivity index (χ1n) is 7.07. The Morgan fingerprint density at radius 3 is 2.86 bits per heavy atom. The molecule has 0 spiro atoms. The Morgan fingerprint density at radius 2 is 2.14 bits per heavy atom. The fourth-order valence-electron chi connectivity index (χ4n) is 2.81. The van der Waals surface area contributed by atoms with E-state index in [1.165, 1.54) is 18.0 Å². The molecule has 3 rings (SSSR count). The highest BCUT2D eigenvalue weighted by Gasteiger charge is 2.35. The van der Waals surface area contributed by atoms with E-state index in [1.807, 2.05) is 12.1 Å². The van der Waals surface area contributed by atoms with Crippen LogP contribution in [0.5, 0.6) is 0 Å². The summed E-state index contributed by atoms with van der Waals surface area (Å²) in [4.78, 5) is 4.24. The number of aryl methyl sites for hydroxylation is 1. The van der Waals surface area contributed by atoms with E-state index < -0.39 is 10.0 Å². The molecule has 0 amide bonds. The second-order valence-corrected chi connectivity index (χ2v) is 7.13. The molecule has 1 saturated heterocycles. The van der Waals surface area contributed by atoms with Crippen LogP contribution in [0.4, 0.5) is 0 Å². The molecule has 6 nitrogen and oxygen atoms in total. The fourth-order valence-corrected chi connectivity index (χ4v) is 4.44. The van der Waals surface area contributed by atoms with E-state index in [0.717, 1.165) is 25.7 Å². The van der Waals surface area contributed by atoms with Gasteiger partial charge in [0.15, 0.2) is 0 Å². The number of nitrogens with one attached hydrogen (secondary N) is 1. The zero-order valence-electron chi connectivity index (χ0n) is 11.6. The van der Waals surface area contributed by atoms with Crippen LogP contribution < -0.4 is 0 Å². The van der Waals surface area contributed by atoms with Gasteiger partial charge in [0.2, 0.25) is 10.0 Å². The lowest BCUT2D eigenvalue weighted by Crippen LogP contribution is -2.35. The molecule has 0 saturated carbocycles. The molecule has 7 heteroatoms. The first-order valence-corrected chi connectivity index (χ1v) is 8.51. The van der Waals surface area contributed by atoms with Crippen LogP contribution in [0.3, 0.4) is 0 Å². The van der Waals surface area contributed by atoms with Crippen LogP contribution in [0.15, 0.2) is 41.8 Å². The molecule has 112 valence electrons. The average molecular weight is 306 g/mol. The van der Waals surface area contributed by atoms with Crippen molar-refractivity contribution in [2.45, 2.75) is 36.6 Å². The molecule has 0 aliphatic carbocycles. The van der Waals surface area contributed by atoms with Gasteiger partial charge in [-0.2, -0.15) is 9.40 Å². The number of nitrogens with zero attached hydrogens (tertiary/aromatic N) is 3. The van der Waals surface area contributed by atoms with E-state index in [9.17, 15) is 8.42 Å². The molecular formula is C14H18N4O2S. The van der Waals surface area contributed by atoms with Gasteiger partial charge in [-0.05, 0) is 43.4 Å². The van der Waals surface area contributed by atoms with E-state index in [1.54, 1.807) is 16.7 Å². The van der Waals surface area contributed by atoms with Gasteiger partial charge in [-0.25, -0.2) is 8.42 Å². The van der Waals surface area contributed by atoms with Crippen LogP contribution in [-0.4, -0.2) is 40.5 Å². The highest BCUT2D eigenvalue weighted by Crippen LogP contribution is 2.28. The lowest BCUT2D eigenvalue weighted by atomic mass is 10.1. The Labute approximate surface area is 124 Å². The summed E-state index contributed by atoms with van der Waals surface area (Å²) in [6.07, 6.45) is 9.88. The summed E-state index contributed by atoms with van der Waals surface area (Å²) in [5.74, 6) is 0. The number of hydrogen-bond donors (Lipinski definition) is 1. The third-order valence-corrected chi connectivity index (χ3v) is 5.84.